The van der Waals surface area contributed by atoms with Crippen LogP contribution in [0.2, 0.25) is 0 Å². The van der Waals surface area contributed by atoms with Crippen LogP contribution in [-0.2, 0) is 26.5 Å². The van der Waals surface area contributed by atoms with Gasteiger partial charge in [0, 0.05) is 12.2 Å². The summed E-state index contributed by atoms with van der Waals surface area (Å²) in [6, 6.07) is 15.1. The Bertz CT molecular complexity index is 1320. The van der Waals surface area contributed by atoms with Crippen LogP contribution in [0.3, 0.4) is 0 Å². The largest absolute Gasteiger partial charge is 0.279 e. The van der Waals surface area contributed by atoms with E-state index in [2.05, 4.69) is 4.72 Å². The summed E-state index contributed by atoms with van der Waals surface area (Å²) in [7, 11) is -8.30. The minimum absolute atomic E-state index is 0.0837. The van der Waals surface area contributed by atoms with Crippen LogP contribution in [0, 0.1) is 11.6 Å². The molecule has 6 nitrogen and oxygen atoms in total. The normalized spacial score (nSPS) is 14.2. The van der Waals surface area contributed by atoms with Crippen LogP contribution in [0.25, 0.3) is 0 Å². The number of hydrogen-bond donors (Lipinski definition) is 1. The van der Waals surface area contributed by atoms with E-state index in [1.807, 2.05) is 0 Å². The molecule has 1 heterocycles. The molecule has 0 saturated heterocycles. The van der Waals surface area contributed by atoms with Crippen molar-refractivity contribution in [2.24, 2.45) is 0 Å². The Labute approximate surface area is 179 Å². The van der Waals surface area contributed by atoms with E-state index in [-0.39, 0.29) is 17.1 Å². The number of anilines is 2. The maximum Gasteiger partial charge on any atom is 0.267 e. The van der Waals surface area contributed by atoms with Crippen molar-refractivity contribution >= 4 is 31.4 Å². The van der Waals surface area contributed by atoms with Gasteiger partial charge in [0.15, 0.2) is 4.90 Å². The van der Waals surface area contributed by atoms with Gasteiger partial charge >= 0.3 is 0 Å². The molecule has 1 aliphatic rings. The van der Waals surface area contributed by atoms with Crippen LogP contribution in [0.1, 0.15) is 12.0 Å². The third kappa shape index (κ3) is 4.00. The van der Waals surface area contributed by atoms with Crippen molar-refractivity contribution in [3.05, 3.63) is 83.9 Å². The number of fused-ring (bicyclic) bond motifs is 1. The second-order valence-corrected chi connectivity index (χ2v) is 10.5. The van der Waals surface area contributed by atoms with Crippen molar-refractivity contribution in [1.82, 2.24) is 0 Å². The minimum Gasteiger partial charge on any atom is -0.279 e. The Morgan fingerprint density at radius 3 is 2.19 bits per heavy atom. The SMILES string of the molecule is O=S(=O)(Nc1ccc2c(c1)CCCN2S(=O)(=O)c1ccccc1)c1c(F)cccc1F. The van der Waals surface area contributed by atoms with Crippen LogP contribution >= 0.6 is 0 Å². The molecule has 0 atom stereocenters. The molecule has 0 amide bonds. The first-order chi connectivity index (χ1) is 14.7. The van der Waals surface area contributed by atoms with Crippen molar-refractivity contribution in [3.63, 3.8) is 0 Å². The lowest BCUT2D eigenvalue weighted by molar-refractivity contribution is 0.521. The average molecular weight is 465 g/mol. The molecule has 31 heavy (non-hydrogen) atoms. The predicted octanol–water partition coefficient (Wildman–Crippen LogP) is 3.91. The van der Waals surface area contributed by atoms with Crippen molar-refractivity contribution in [2.75, 3.05) is 15.6 Å². The molecule has 3 aromatic carbocycles. The fourth-order valence-corrected chi connectivity index (χ4v) is 6.29. The van der Waals surface area contributed by atoms with Crippen molar-refractivity contribution < 1.29 is 25.6 Å². The van der Waals surface area contributed by atoms with Gasteiger partial charge in [-0.15, -0.1) is 0 Å². The minimum atomic E-state index is -4.52. The number of nitrogens with one attached hydrogen (secondary N) is 1. The Hall–Kier alpha value is -2.98. The summed E-state index contributed by atoms with van der Waals surface area (Å²) in [6.45, 7) is 0.287. The molecule has 4 rings (SSSR count). The van der Waals surface area contributed by atoms with Crippen LogP contribution in [-0.4, -0.2) is 23.4 Å². The lowest BCUT2D eigenvalue weighted by Gasteiger charge is -2.31. The standard InChI is InChI=1S/C21H18F2N2O4S2/c22-18-9-4-10-19(23)21(18)30(26,27)24-16-11-12-20-15(14-16)6-5-13-25(20)31(28,29)17-7-2-1-3-8-17/h1-4,7-12,14,24H,5-6,13H2. The van der Waals surface area contributed by atoms with Gasteiger partial charge in [-0.2, -0.15) is 0 Å². The zero-order valence-electron chi connectivity index (χ0n) is 16.1. The predicted molar refractivity (Wildman–Crippen MR) is 113 cm³/mol. The number of aryl methyl sites for hydroxylation is 1. The van der Waals surface area contributed by atoms with Gasteiger partial charge in [-0.05, 0) is 60.9 Å². The van der Waals surface area contributed by atoms with E-state index in [0.717, 1.165) is 18.2 Å². The van der Waals surface area contributed by atoms with E-state index >= 15 is 0 Å². The molecule has 0 aliphatic carbocycles. The molecule has 1 N–H and O–H groups in total. The molecule has 0 saturated carbocycles. The van der Waals surface area contributed by atoms with Crippen LogP contribution in [0.5, 0.6) is 0 Å². The summed E-state index contributed by atoms with van der Waals surface area (Å²) in [5.74, 6) is -2.41. The highest BCUT2D eigenvalue weighted by atomic mass is 32.2. The highest BCUT2D eigenvalue weighted by molar-refractivity contribution is 7.93. The highest BCUT2D eigenvalue weighted by Crippen LogP contribution is 2.34. The monoisotopic (exact) mass is 464 g/mol. The molecular formula is C21H18F2N2O4S2. The fourth-order valence-electron chi connectivity index (χ4n) is 3.54. The number of rotatable bonds is 5. The van der Waals surface area contributed by atoms with Gasteiger partial charge in [0.1, 0.15) is 11.6 Å². The summed E-state index contributed by atoms with van der Waals surface area (Å²) in [5, 5.41) is 0. The second kappa shape index (κ2) is 7.93. The number of nitrogens with zero attached hydrogens (tertiary/aromatic N) is 1. The van der Waals surface area contributed by atoms with E-state index < -0.39 is 36.6 Å². The molecule has 0 fully saturated rings. The van der Waals surface area contributed by atoms with Crippen molar-refractivity contribution in [2.45, 2.75) is 22.6 Å². The lowest BCUT2D eigenvalue weighted by Crippen LogP contribution is -2.35. The molecule has 0 aromatic heterocycles. The third-order valence-electron chi connectivity index (χ3n) is 4.93. The smallest absolute Gasteiger partial charge is 0.267 e. The molecule has 1 aliphatic heterocycles. The van der Waals surface area contributed by atoms with Crippen LogP contribution < -0.4 is 9.03 Å². The van der Waals surface area contributed by atoms with Gasteiger partial charge in [-0.1, -0.05) is 24.3 Å². The maximum absolute atomic E-state index is 13.9. The first-order valence-corrected chi connectivity index (χ1v) is 12.3. The Morgan fingerprint density at radius 2 is 1.52 bits per heavy atom. The van der Waals surface area contributed by atoms with Gasteiger partial charge in [0.2, 0.25) is 0 Å². The van der Waals surface area contributed by atoms with Crippen LogP contribution in [0.15, 0.2) is 76.5 Å². The molecule has 0 unspecified atom stereocenters. The van der Waals surface area contributed by atoms with Gasteiger partial charge in [-0.3, -0.25) is 9.03 Å². The second-order valence-electron chi connectivity index (χ2n) is 6.99. The quantitative estimate of drug-likeness (QED) is 0.621. The van der Waals surface area contributed by atoms with Gasteiger partial charge in [0.25, 0.3) is 20.0 Å². The molecule has 0 spiro atoms. The van der Waals surface area contributed by atoms with E-state index in [1.54, 1.807) is 18.2 Å². The Kier molecular flexibility index (Phi) is 5.44. The van der Waals surface area contributed by atoms with E-state index in [0.29, 0.717) is 24.1 Å². The molecule has 10 heteroatoms. The molecule has 0 bridgehead atoms. The van der Waals surface area contributed by atoms with E-state index in [1.165, 1.54) is 34.6 Å². The highest BCUT2D eigenvalue weighted by Gasteiger charge is 2.30. The summed E-state index contributed by atoms with van der Waals surface area (Å²) < 4.78 is 82.5. The zero-order chi connectivity index (χ0) is 22.2. The van der Waals surface area contributed by atoms with E-state index in [4.69, 9.17) is 0 Å². The van der Waals surface area contributed by atoms with Gasteiger partial charge < -0.3 is 0 Å². The molecule has 0 radical (unpaired) electrons. The van der Waals surface area contributed by atoms with Gasteiger partial charge in [0.05, 0.1) is 10.6 Å². The lowest BCUT2D eigenvalue weighted by atomic mass is 10.0. The first kappa shape index (κ1) is 21.3. The maximum atomic E-state index is 13.9. The van der Waals surface area contributed by atoms with Crippen molar-refractivity contribution in [3.8, 4) is 0 Å². The topological polar surface area (TPSA) is 83.6 Å². The molecule has 3 aromatic rings. The number of sulfonamides is 2. The summed E-state index contributed by atoms with van der Waals surface area (Å²) >= 11 is 0. The Balaban J connectivity index is 1.68. The molecule has 162 valence electrons. The number of hydrogen-bond acceptors (Lipinski definition) is 4. The third-order valence-corrected chi connectivity index (χ3v) is 8.19. The summed E-state index contributed by atoms with van der Waals surface area (Å²) in [5.41, 5.74) is 1.13. The fraction of sp³-hybridized carbons (Fsp3) is 0.143. The summed E-state index contributed by atoms with van der Waals surface area (Å²) in [6.07, 6.45) is 1.07. The van der Waals surface area contributed by atoms with Gasteiger partial charge in [-0.25, -0.2) is 25.6 Å². The van der Waals surface area contributed by atoms with Crippen molar-refractivity contribution in [1.29, 1.82) is 0 Å². The Morgan fingerprint density at radius 1 is 0.839 bits per heavy atom. The van der Waals surface area contributed by atoms with Crippen LogP contribution in [0.4, 0.5) is 20.2 Å². The average Bonchev–Trinajstić information content (AvgIpc) is 2.73. The van der Waals surface area contributed by atoms with E-state index in [9.17, 15) is 25.6 Å². The zero-order valence-corrected chi connectivity index (χ0v) is 17.8. The first-order valence-electron chi connectivity index (χ1n) is 9.38. The number of halogens is 2. The number of benzene rings is 3. The molecular weight excluding hydrogens is 446 g/mol. The summed E-state index contributed by atoms with van der Waals surface area (Å²) in [4.78, 5) is -0.913.